The molecule has 112 valence electrons. The smallest absolute Gasteiger partial charge is 0.126 e. The van der Waals surface area contributed by atoms with Crippen LogP contribution in [0.4, 0.5) is 0 Å². The quantitative estimate of drug-likeness (QED) is 0.849. The van der Waals surface area contributed by atoms with Crippen molar-refractivity contribution in [3.63, 3.8) is 0 Å². The molecule has 1 aromatic rings. The number of nitrogens with one attached hydrogen (secondary N) is 1. The van der Waals surface area contributed by atoms with Gasteiger partial charge in [0.15, 0.2) is 0 Å². The molecule has 1 aliphatic rings. The van der Waals surface area contributed by atoms with Crippen molar-refractivity contribution >= 4 is 0 Å². The van der Waals surface area contributed by atoms with Crippen LogP contribution in [0.25, 0.3) is 0 Å². The topological polar surface area (TPSA) is 27.7 Å². The van der Waals surface area contributed by atoms with Crippen molar-refractivity contribution in [1.29, 1.82) is 0 Å². The lowest BCUT2D eigenvalue weighted by Gasteiger charge is -2.32. The Morgan fingerprint density at radius 1 is 1.20 bits per heavy atom. The van der Waals surface area contributed by atoms with E-state index in [4.69, 9.17) is 4.74 Å². The van der Waals surface area contributed by atoms with Gasteiger partial charge < -0.3 is 15.0 Å². The van der Waals surface area contributed by atoms with E-state index in [1.165, 1.54) is 11.1 Å². The second kappa shape index (κ2) is 7.62. The first kappa shape index (κ1) is 15.3. The molecular formula is C16H27N3O. The number of hydrogen-bond acceptors (Lipinski definition) is 4. The van der Waals surface area contributed by atoms with E-state index in [9.17, 15) is 0 Å². The number of aryl methyl sites for hydroxylation is 1. The molecule has 0 aromatic heterocycles. The van der Waals surface area contributed by atoms with E-state index < -0.39 is 0 Å². The first-order valence-electron chi connectivity index (χ1n) is 7.47. The minimum absolute atomic E-state index is 0.769. The van der Waals surface area contributed by atoms with E-state index in [0.29, 0.717) is 0 Å². The molecule has 1 heterocycles. The maximum atomic E-state index is 6.05. The third kappa shape index (κ3) is 4.20. The van der Waals surface area contributed by atoms with Crippen molar-refractivity contribution in [1.82, 2.24) is 15.1 Å². The van der Waals surface area contributed by atoms with E-state index in [2.05, 4.69) is 47.3 Å². The zero-order valence-electron chi connectivity index (χ0n) is 13.0. The average Bonchev–Trinajstić information content (AvgIpc) is 2.44. The summed E-state index contributed by atoms with van der Waals surface area (Å²) in [6, 6.07) is 6.34. The molecular weight excluding hydrogens is 250 g/mol. The molecule has 1 N–H and O–H groups in total. The molecule has 0 saturated carbocycles. The lowest BCUT2D eigenvalue weighted by atomic mass is 10.1. The van der Waals surface area contributed by atoms with E-state index in [0.717, 1.165) is 51.6 Å². The third-order valence-electron chi connectivity index (χ3n) is 3.91. The lowest BCUT2D eigenvalue weighted by Crippen LogP contribution is -2.45. The minimum atomic E-state index is 0.769. The van der Waals surface area contributed by atoms with Gasteiger partial charge in [0, 0.05) is 44.8 Å². The molecule has 1 saturated heterocycles. The summed E-state index contributed by atoms with van der Waals surface area (Å²) >= 11 is 0. The van der Waals surface area contributed by atoms with Gasteiger partial charge in [-0.1, -0.05) is 18.2 Å². The van der Waals surface area contributed by atoms with Crippen LogP contribution in [-0.4, -0.2) is 63.2 Å². The van der Waals surface area contributed by atoms with Crippen LogP contribution in [0.1, 0.15) is 11.1 Å². The Morgan fingerprint density at radius 3 is 2.65 bits per heavy atom. The molecule has 0 bridgehead atoms. The number of likely N-dealkylation sites (N-methyl/N-ethyl adjacent to an activating group) is 1. The minimum Gasteiger partial charge on any atom is -0.492 e. The number of rotatable bonds is 6. The number of ether oxygens (including phenoxy) is 1. The maximum Gasteiger partial charge on any atom is 0.126 e. The van der Waals surface area contributed by atoms with Crippen molar-refractivity contribution < 1.29 is 4.74 Å². The molecule has 1 fully saturated rings. The fourth-order valence-electron chi connectivity index (χ4n) is 2.60. The Morgan fingerprint density at radius 2 is 1.95 bits per heavy atom. The molecule has 0 radical (unpaired) electrons. The van der Waals surface area contributed by atoms with Gasteiger partial charge in [-0.25, -0.2) is 0 Å². The second-order valence-electron chi connectivity index (χ2n) is 5.59. The zero-order chi connectivity index (χ0) is 14.4. The van der Waals surface area contributed by atoms with E-state index in [1.54, 1.807) is 0 Å². The van der Waals surface area contributed by atoms with Crippen LogP contribution in [0.2, 0.25) is 0 Å². The first-order chi connectivity index (χ1) is 9.70. The van der Waals surface area contributed by atoms with Gasteiger partial charge in [-0.15, -0.1) is 0 Å². The van der Waals surface area contributed by atoms with E-state index in [-0.39, 0.29) is 0 Å². The fourth-order valence-corrected chi connectivity index (χ4v) is 2.60. The van der Waals surface area contributed by atoms with Gasteiger partial charge in [0.2, 0.25) is 0 Å². The highest BCUT2D eigenvalue weighted by atomic mass is 16.5. The standard InChI is InChI=1S/C16H27N3O/c1-14-5-4-6-15(13-17-2)16(14)20-12-11-19-9-7-18(3)8-10-19/h4-6,17H,7-13H2,1-3H3. The predicted octanol–water partition coefficient (Wildman–Crippen LogP) is 1.34. The van der Waals surface area contributed by atoms with Crippen molar-refractivity contribution in [3.05, 3.63) is 29.3 Å². The molecule has 0 amide bonds. The summed E-state index contributed by atoms with van der Waals surface area (Å²) in [6.07, 6.45) is 0. The van der Waals surface area contributed by atoms with Gasteiger partial charge in [-0.05, 0) is 26.6 Å². The fraction of sp³-hybridized carbons (Fsp3) is 0.625. The van der Waals surface area contributed by atoms with Gasteiger partial charge in [0.1, 0.15) is 12.4 Å². The van der Waals surface area contributed by atoms with Crippen LogP contribution < -0.4 is 10.1 Å². The highest BCUT2D eigenvalue weighted by Crippen LogP contribution is 2.23. The highest BCUT2D eigenvalue weighted by molar-refractivity contribution is 5.40. The normalized spacial score (nSPS) is 17.4. The van der Waals surface area contributed by atoms with Crippen molar-refractivity contribution in [2.45, 2.75) is 13.5 Å². The van der Waals surface area contributed by atoms with Crippen LogP contribution in [0, 0.1) is 6.92 Å². The van der Waals surface area contributed by atoms with E-state index in [1.807, 2.05) is 7.05 Å². The Hall–Kier alpha value is -1.10. The molecule has 4 nitrogen and oxygen atoms in total. The summed E-state index contributed by atoms with van der Waals surface area (Å²) in [6.45, 7) is 9.38. The third-order valence-corrected chi connectivity index (χ3v) is 3.91. The predicted molar refractivity (Wildman–Crippen MR) is 83.4 cm³/mol. The summed E-state index contributed by atoms with van der Waals surface area (Å²) in [5, 5.41) is 3.20. The number of para-hydroxylation sites is 1. The number of benzene rings is 1. The summed E-state index contributed by atoms with van der Waals surface area (Å²) in [5.41, 5.74) is 2.46. The van der Waals surface area contributed by atoms with Crippen LogP contribution in [-0.2, 0) is 6.54 Å². The van der Waals surface area contributed by atoms with Gasteiger partial charge in [-0.2, -0.15) is 0 Å². The first-order valence-corrected chi connectivity index (χ1v) is 7.47. The molecule has 0 aliphatic carbocycles. The summed E-state index contributed by atoms with van der Waals surface area (Å²) in [7, 11) is 4.15. The molecule has 1 aliphatic heterocycles. The molecule has 0 atom stereocenters. The van der Waals surface area contributed by atoms with Crippen molar-refractivity contribution in [3.8, 4) is 5.75 Å². The zero-order valence-corrected chi connectivity index (χ0v) is 13.0. The Kier molecular flexibility index (Phi) is 5.83. The SMILES string of the molecule is CNCc1cccc(C)c1OCCN1CCN(C)CC1. The molecule has 0 unspecified atom stereocenters. The van der Waals surface area contributed by atoms with Gasteiger partial charge >= 0.3 is 0 Å². The van der Waals surface area contributed by atoms with Gasteiger partial charge in [0.05, 0.1) is 0 Å². The molecule has 2 rings (SSSR count). The maximum absolute atomic E-state index is 6.05. The Balaban J connectivity index is 1.84. The average molecular weight is 277 g/mol. The summed E-state index contributed by atoms with van der Waals surface area (Å²) in [5.74, 6) is 1.05. The summed E-state index contributed by atoms with van der Waals surface area (Å²) < 4.78 is 6.05. The van der Waals surface area contributed by atoms with Gasteiger partial charge in [-0.3, -0.25) is 4.90 Å². The number of hydrogen-bond donors (Lipinski definition) is 1. The molecule has 1 aromatic carbocycles. The molecule has 0 spiro atoms. The molecule has 20 heavy (non-hydrogen) atoms. The number of piperazine rings is 1. The largest absolute Gasteiger partial charge is 0.492 e. The van der Waals surface area contributed by atoms with Crippen molar-refractivity contribution in [2.24, 2.45) is 0 Å². The van der Waals surface area contributed by atoms with E-state index >= 15 is 0 Å². The lowest BCUT2D eigenvalue weighted by molar-refractivity contribution is 0.133. The second-order valence-corrected chi connectivity index (χ2v) is 5.59. The van der Waals surface area contributed by atoms with Crippen LogP contribution in [0.5, 0.6) is 5.75 Å². The summed E-state index contributed by atoms with van der Waals surface area (Å²) in [4.78, 5) is 4.86. The van der Waals surface area contributed by atoms with Gasteiger partial charge in [0.25, 0.3) is 0 Å². The number of nitrogens with zero attached hydrogens (tertiary/aromatic N) is 2. The monoisotopic (exact) mass is 277 g/mol. The van der Waals surface area contributed by atoms with Crippen LogP contribution >= 0.6 is 0 Å². The highest BCUT2D eigenvalue weighted by Gasteiger charge is 2.14. The van der Waals surface area contributed by atoms with Crippen LogP contribution in [0.3, 0.4) is 0 Å². The van der Waals surface area contributed by atoms with Crippen molar-refractivity contribution in [2.75, 3.05) is 53.4 Å². The Bertz CT molecular complexity index is 414. The van der Waals surface area contributed by atoms with Crippen LogP contribution in [0.15, 0.2) is 18.2 Å². The molecule has 4 heteroatoms. The Labute approximate surface area is 122 Å².